The zero-order valence-corrected chi connectivity index (χ0v) is 15.2. The van der Waals surface area contributed by atoms with Crippen molar-refractivity contribution in [3.8, 4) is 28.3 Å². The van der Waals surface area contributed by atoms with E-state index in [0.29, 0.717) is 5.82 Å². The molecule has 0 radical (unpaired) electrons. The third-order valence-corrected chi connectivity index (χ3v) is 4.75. The number of hydrogen-bond donors (Lipinski definition) is 0. The average Bonchev–Trinajstić information content (AvgIpc) is 3.40. The molecule has 0 saturated carbocycles. The van der Waals surface area contributed by atoms with Gasteiger partial charge in [0, 0.05) is 18.7 Å². The van der Waals surface area contributed by atoms with E-state index >= 15 is 0 Å². The topological polar surface area (TPSA) is 73.1 Å². The van der Waals surface area contributed by atoms with Gasteiger partial charge in [-0.25, -0.2) is 0 Å². The number of nitrogens with zero attached hydrogens (tertiary/aromatic N) is 5. The van der Waals surface area contributed by atoms with Gasteiger partial charge < -0.3 is 9.64 Å². The lowest BCUT2D eigenvalue weighted by atomic mass is 10.0. The molecule has 27 heavy (non-hydrogen) atoms. The molecule has 0 N–H and O–H groups in total. The van der Waals surface area contributed by atoms with Gasteiger partial charge in [-0.2, -0.15) is 4.80 Å². The molecule has 1 saturated heterocycles. The number of tetrazole rings is 1. The van der Waals surface area contributed by atoms with E-state index in [1.807, 2.05) is 53.4 Å². The quantitative estimate of drug-likeness (QED) is 0.697. The second kappa shape index (κ2) is 7.57. The molecule has 1 aromatic heterocycles. The molecule has 0 atom stereocenters. The molecule has 0 aliphatic carbocycles. The Hall–Kier alpha value is -3.22. The maximum absolute atomic E-state index is 12.2. The lowest BCUT2D eigenvalue weighted by Gasteiger charge is -2.13. The normalized spacial score (nSPS) is 13.7. The summed E-state index contributed by atoms with van der Waals surface area (Å²) >= 11 is 0. The Morgan fingerprint density at radius 1 is 0.963 bits per heavy atom. The highest BCUT2D eigenvalue weighted by Gasteiger charge is 2.19. The Morgan fingerprint density at radius 2 is 1.56 bits per heavy atom. The predicted octanol–water partition coefficient (Wildman–Crippen LogP) is 2.64. The van der Waals surface area contributed by atoms with Crippen molar-refractivity contribution < 1.29 is 9.53 Å². The van der Waals surface area contributed by atoms with Crippen molar-refractivity contribution in [1.29, 1.82) is 0 Å². The first-order valence-corrected chi connectivity index (χ1v) is 9.03. The highest BCUT2D eigenvalue weighted by Crippen LogP contribution is 2.24. The molecular formula is C20H21N5O2. The SMILES string of the molecule is COc1ccc(-c2ccc(-c3nnn(CC(=O)N4CCCC4)n3)cc2)cc1. The van der Waals surface area contributed by atoms with Crippen LogP contribution in [0.2, 0.25) is 0 Å². The molecule has 7 heteroatoms. The number of amides is 1. The summed E-state index contributed by atoms with van der Waals surface area (Å²) in [5.74, 6) is 1.40. The molecule has 1 fully saturated rings. The largest absolute Gasteiger partial charge is 0.497 e. The van der Waals surface area contributed by atoms with Crippen LogP contribution in [-0.4, -0.2) is 51.2 Å². The molecule has 1 amide bonds. The van der Waals surface area contributed by atoms with Crippen LogP contribution < -0.4 is 4.74 Å². The van der Waals surface area contributed by atoms with Crippen molar-refractivity contribution in [3.63, 3.8) is 0 Å². The Balaban J connectivity index is 1.45. The van der Waals surface area contributed by atoms with Gasteiger partial charge in [-0.05, 0) is 41.3 Å². The highest BCUT2D eigenvalue weighted by molar-refractivity contribution is 5.76. The number of carbonyl (C=O) groups excluding carboxylic acids is 1. The summed E-state index contributed by atoms with van der Waals surface area (Å²) in [4.78, 5) is 15.4. The summed E-state index contributed by atoms with van der Waals surface area (Å²) in [6, 6.07) is 15.9. The molecule has 2 aromatic carbocycles. The van der Waals surface area contributed by atoms with E-state index in [9.17, 15) is 4.79 Å². The van der Waals surface area contributed by atoms with Crippen LogP contribution >= 0.6 is 0 Å². The maximum Gasteiger partial charge on any atom is 0.246 e. The lowest BCUT2D eigenvalue weighted by Crippen LogP contribution is -2.31. The Bertz CT molecular complexity index is 912. The molecule has 0 bridgehead atoms. The Kier molecular flexibility index (Phi) is 4.82. The summed E-state index contributed by atoms with van der Waals surface area (Å²) < 4.78 is 5.19. The van der Waals surface area contributed by atoms with Gasteiger partial charge in [0.2, 0.25) is 11.7 Å². The number of aromatic nitrogens is 4. The molecule has 7 nitrogen and oxygen atoms in total. The molecular weight excluding hydrogens is 342 g/mol. The fourth-order valence-corrected chi connectivity index (χ4v) is 3.21. The molecule has 0 spiro atoms. The van der Waals surface area contributed by atoms with E-state index in [1.165, 1.54) is 4.80 Å². The zero-order chi connectivity index (χ0) is 18.6. The van der Waals surface area contributed by atoms with Crippen LogP contribution in [0.4, 0.5) is 0 Å². The van der Waals surface area contributed by atoms with E-state index in [2.05, 4.69) is 15.4 Å². The molecule has 138 valence electrons. The first-order chi connectivity index (χ1) is 13.2. The summed E-state index contributed by atoms with van der Waals surface area (Å²) in [5, 5.41) is 12.5. The monoisotopic (exact) mass is 363 g/mol. The van der Waals surface area contributed by atoms with Crippen LogP contribution in [-0.2, 0) is 11.3 Å². The van der Waals surface area contributed by atoms with Crippen LogP contribution in [0.1, 0.15) is 12.8 Å². The van der Waals surface area contributed by atoms with Gasteiger partial charge in [0.05, 0.1) is 7.11 Å². The molecule has 4 rings (SSSR count). The van der Waals surface area contributed by atoms with E-state index in [-0.39, 0.29) is 12.5 Å². The van der Waals surface area contributed by atoms with Crippen LogP contribution in [0.25, 0.3) is 22.5 Å². The van der Waals surface area contributed by atoms with E-state index in [4.69, 9.17) is 4.74 Å². The minimum atomic E-state index is 0.0475. The van der Waals surface area contributed by atoms with E-state index < -0.39 is 0 Å². The summed E-state index contributed by atoms with van der Waals surface area (Å²) in [7, 11) is 1.66. The summed E-state index contributed by atoms with van der Waals surface area (Å²) in [6.45, 7) is 1.79. The minimum Gasteiger partial charge on any atom is -0.497 e. The smallest absolute Gasteiger partial charge is 0.246 e. The summed E-state index contributed by atoms with van der Waals surface area (Å²) in [6.07, 6.45) is 2.14. The number of benzene rings is 2. The number of rotatable bonds is 5. The van der Waals surface area contributed by atoms with Crippen molar-refractivity contribution in [1.82, 2.24) is 25.1 Å². The maximum atomic E-state index is 12.2. The highest BCUT2D eigenvalue weighted by atomic mass is 16.5. The second-order valence-corrected chi connectivity index (χ2v) is 6.54. The number of ether oxygens (including phenoxy) is 1. The minimum absolute atomic E-state index is 0.0475. The van der Waals surface area contributed by atoms with Gasteiger partial charge >= 0.3 is 0 Å². The Morgan fingerprint density at radius 3 is 2.19 bits per heavy atom. The van der Waals surface area contributed by atoms with Crippen LogP contribution in [0.15, 0.2) is 48.5 Å². The third kappa shape index (κ3) is 3.81. The zero-order valence-electron chi connectivity index (χ0n) is 15.2. The molecule has 2 heterocycles. The van der Waals surface area contributed by atoms with Crippen LogP contribution in [0, 0.1) is 0 Å². The Labute approximate surface area is 157 Å². The van der Waals surface area contributed by atoms with Crippen molar-refractivity contribution in [2.45, 2.75) is 19.4 Å². The molecule has 0 unspecified atom stereocenters. The number of likely N-dealkylation sites (tertiary alicyclic amines) is 1. The average molecular weight is 363 g/mol. The first-order valence-electron chi connectivity index (χ1n) is 9.03. The number of hydrogen-bond acceptors (Lipinski definition) is 5. The standard InChI is InChI=1S/C20H21N5O2/c1-27-18-10-8-16(9-11-18)15-4-6-17(7-5-15)20-21-23-25(22-20)14-19(26)24-12-2-3-13-24/h4-11H,2-3,12-14H2,1H3. The van der Waals surface area contributed by atoms with Crippen LogP contribution in [0.5, 0.6) is 5.75 Å². The fraction of sp³-hybridized carbons (Fsp3) is 0.300. The van der Waals surface area contributed by atoms with Gasteiger partial charge in [0.15, 0.2) is 0 Å². The van der Waals surface area contributed by atoms with Crippen LogP contribution in [0.3, 0.4) is 0 Å². The lowest BCUT2D eigenvalue weighted by molar-refractivity contribution is -0.131. The molecule has 1 aliphatic rings. The van der Waals surface area contributed by atoms with Gasteiger partial charge in [-0.15, -0.1) is 10.2 Å². The second-order valence-electron chi connectivity index (χ2n) is 6.54. The van der Waals surface area contributed by atoms with Gasteiger partial charge in [0.25, 0.3) is 0 Å². The van der Waals surface area contributed by atoms with Gasteiger partial charge in [0.1, 0.15) is 12.3 Å². The van der Waals surface area contributed by atoms with Crippen molar-refractivity contribution in [3.05, 3.63) is 48.5 Å². The molecule has 3 aromatic rings. The number of carbonyl (C=O) groups is 1. The number of methoxy groups -OCH3 is 1. The molecule has 1 aliphatic heterocycles. The van der Waals surface area contributed by atoms with Gasteiger partial charge in [-0.3, -0.25) is 4.79 Å². The third-order valence-electron chi connectivity index (χ3n) is 4.75. The van der Waals surface area contributed by atoms with E-state index in [0.717, 1.165) is 48.4 Å². The summed E-state index contributed by atoms with van der Waals surface area (Å²) in [5.41, 5.74) is 3.07. The fourth-order valence-electron chi connectivity index (χ4n) is 3.21. The van der Waals surface area contributed by atoms with Crippen molar-refractivity contribution >= 4 is 5.91 Å². The van der Waals surface area contributed by atoms with E-state index in [1.54, 1.807) is 7.11 Å². The first kappa shape index (κ1) is 17.2. The van der Waals surface area contributed by atoms with Crippen molar-refractivity contribution in [2.75, 3.05) is 20.2 Å². The van der Waals surface area contributed by atoms with Gasteiger partial charge in [-0.1, -0.05) is 36.4 Å². The predicted molar refractivity (Wildman–Crippen MR) is 101 cm³/mol. The van der Waals surface area contributed by atoms with Crippen molar-refractivity contribution in [2.24, 2.45) is 0 Å².